The molecule has 19 heavy (non-hydrogen) atoms. The van der Waals surface area contributed by atoms with E-state index in [1.54, 1.807) is 6.92 Å². The summed E-state index contributed by atoms with van der Waals surface area (Å²) >= 11 is 0. The third kappa shape index (κ3) is 2.30. The molecule has 1 aliphatic rings. The Kier molecular flexibility index (Phi) is 3.50. The fourth-order valence-corrected chi connectivity index (χ4v) is 2.37. The Morgan fingerprint density at radius 2 is 2.00 bits per heavy atom. The van der Waals surface area contributed by atoms with Crippen molar-refractivity contribution in [3.05, 3.63) is 34.9 Å². The molecule has 1 amide bonds. The highest BCUT2D eigenvalue weighted by molar-refractivity contribution is 5.99. The van der Waals surface area contributed by atoms with Crippen LogP contribution >= 0.6 is 0 Å². The first-order valence-corrected chi connectivity index (χ1v) is 5.94. The van der Waals surface area contributed by atoms with Crippen LogP contribution in [0.1, 0.15) is 24.0 Å². The van der Waals surface area contributed by atoms with Crippen LogP contribution in [0.5, 0.6) is 0 Å². The van der Waals surface area contributed by atoms with E-state index in [1.165, 1.54) is 12.1 Å². The number of carbonyl (C=O) groups excluding carboxylic acids is 1. The van der Waals surface area contributed by atoms with Crippen molar-refractivity contribution in [2.75, 3.05) is 6.54 Å². The molecule has 0 spiro atoms. The average molecular weight is 269 g/mol. The lowest BCUT2D eigenvalue weighted by molar-refractivity contribution is -0.145. The molecule has 102 valence electrons. The largest absolute Gasteiger partial charge is 0.481 e. The number of nitrogens with one attached hydrogen (secondary N) is 1. The summed E-state index contributed by atoms with van der Waals surface area (Å²) in [6, 6.07) is 2.36. The van der Waals surface area contributed by atoms with Gasteiger partial charge in [-0.05, 0) is 24.1 Å². The summed E-state index contributed by atoms with van der Waals surface area (Å²) in [5.41, 5.74) is 0.158. The van der Waals surface area contributed by atoms with Gasteiger partial charge in [0.05, 0.1) is 0 Å². The maximum absolute atomic E-state index is 13.9. The van der Waals surface area contributed by atoms with Crippen LogP contribution in [-0.4, -0.2) is 23.5 Å². The highest BCUT2D eigenvalue weighted by Crippen LogP contribution is 2.33. The minimum Gasteiger partial charge on any atom is -0.481 e. The third-order valence-electron chi connectivity index (χ3n) is 3.36. The van der Waals surface area contributed by atoms with Crippen LogP contribution in [0, 0.1) is 17.6 Å². The van der Waals surface area contributed by atoms with Crippen LogP contribution < -0.4 is 5.32 Å². The first-order chi connectivity index (χ1) is 8.95. The molecule has 1 fully saturated rings. The van der Waals surface area contributed by atoms with Gasteiger partial charge in [-0.25, -0.2) is 8.78 Å². The lowest BCUT2D eigenvalue weighted by atomic mass is 9.87. The number of hydrogen-bond donors (Lipinski definition) is 2. The Morgan fingerprint density at radius 1 is 1.42 bits per heavy atom. The fraction of sp³-hybridized carbons (Fsp3) is 0.385. The number of aryl methyl sites for hydroxylation is 1. The summed E-state index contributed by atoms with van der Waals surface area (Å²) in [7, 11) is 0. The zero-order chi connectivity index (χ0) is 14.2. The monoisotopic (exact) mass is 269 g/mol. The van der Waals surface area contributed by atoms with Gasteiger partial charge >= 0.3 is 5.97 Å². The van der Waals surface area contributed by atoms with Gasteiger partial charge in [0.1, 0.15) is 17.6 Å². The molecular weight excluding hydrogens is 256 g/mol. The summed E-state index contributed by atoms with van der Waals surface area (Å²) in [6.07, 6.45) is 0.471. The van der Waals surface area contributed by atoms with Crippen LogP contribution in [0.4, 0.5) is 8.78 Å². The lowest BCUT2D eigenvalue weighted by Crippen LogP contribution is -2.27. The second-order valence-electron chi connectivity index (χ2n) is 4.49. The second kappa shape index (κ2) is 4.95. The average Bonchev–Trinajstić information content (AvgIpc) is 2.70. The molecule has 1 aromatic rings. The zero-order valence-corrected chi connectivity index (χ0v) is 10.2. The number of carboxylic acid groups (broad SMARTS) is 1. The van der Waals surface area contributed by atoms with Crippen LogP contribution in [-0.2, 0) is 16.0 Å². The van der Waals surface area contributed by atoms with Crippen molar-refractivity contribution < 1.29 is 23.5 Å². The van der Waals surface area contributed by atoms with Crippen molar-refractivity contribution in [2.24, 2.45) is 5.92 Å². The topological polar surface area (TPSA) is 66.4 Å². The molecular formula is C13H13F2NO3. The predicted octanol–water partition coefficient (Wildman–Crippen LogP) is 1.44. The van der Waals surface area contributed by atoms with Crippen molar-refractivity contribution in [1.29, 1.82) is 0 Å². The molecule has 0 radical (unpaired) electrons. The van der Waals surface area contributed by atoms with E-state index in [-0.39, 0.29) is 12.1 Å². The summed E-state index contributed by atoms with van der Waals surface area (Å²) in [5.74, 6) is -6.16. The molecule has 6 heteroatoms. The summed E-state index contributed by atoms with van der Waals surface area (Å²) in [5, 5.41) is 11.3. The predicted molar refractivity (Wildman–Crippen MR) is 62.6 cm³/mol. The number of aliphatic carboxylic acids is 1. The van der Waals surface area contributed by atoms with Gasteiger partial charge in [-0.15, -0.1) is 0 Å². The van der Waals surface area contributed by atoms with E-state index in [0.29, 0.717) is 12.0 Å². The molecule has 1 aromatic carbocycles. The standard InChI is InChI=1S/C13H13F2NO3/c1-2-6-3-8(14)10(9(15)4-6)7-5-16-12(17)11(7)13(18)19/h3-4,7,11H,2,5H2,1H3,(H,16,17)(H,18,19)/t7-,11-/m0/s1. The molecule has 1 heterocycles. The van der Waals surface area contributed by atoms with Gasteiger partial charge in [-0.2, -0.15) is 0 Å². The number of benzene rings is 1. The smallest absolute Gasteiger partial charge is 0.316 e. The Balaban J connectivity index is 2.47. The molecule has 1 aliphatic heterocycles. The van der Waals surface area contributed by atoms with Gasteiger partial charge in [0.25, 0.3) is 0 Å². The molecule has 1 saturated heterocycles. The van der Waals surface area contributed by atoms with Gasteiger partial charge in [-0.1, -0.05) is 6.92 Å². The lowest BCUT2D eigenvalue weighted by Gasteiger charge is -2.16. The molecule has 2 N–H and O–H groups in total. The molecule has 0 bridgehead atoms. The number of halogens is 2. The first-order valence-electron chi connectivity index (χ1n) is 5.94. The Hall–Kier alpha value is -1.98. The third-order valence-corrected chi connectivity index (χ3v) is 3.36. The van der Waals surface area contributed by atoms with Crippen LogP contribution in [0.2, 0.25) is 0 Å². The summed E-state index contributed by atoms with van der Waals surface area (Å²) < 4.78 is 27.9. The normalized spacial score (nSPS) is 22.4. The van der Waals surface area contributed by atoms with Crippen molar-refractivity contribution in [3.8, 4) is 0 Å². The first kappa shape index (κ1) is 13.5. The number of rotatable bonds is 3. The SMILES string of the molecule is CCc1cc(F)c([C@@H]2CNC(=O)[C@H]2C(=O)O)c(F)c1. The van der Waals surface area contributed by atoms with E-state index in [9.17, 15) is 18.4 Å². The highest BCUT2D eigenvalue weighted by Gasteiger charge is 2.43. The minimum absolute atomic E-state index is 0.0743. The number of amides is 1. The fourth-order valence-electron chi connectivity index (χ4n) is 2.37. The van der Waals surface area contributed by atoms with E-state index in [2.05, 4.69) is 5.32 Å². The molecule has 0 unspecified atom stereocenters. The zero-order valence-electron chi connectivity index (χ0n) is 10.2. The van der Waals surface area contributed by atoms with Gasteiger partial charge in [-0.3, -0.25) is 9.59 Å². The Labute approximate surface area is 108 Å². The Morgan fingerprint density at radius 3 is 2.47 bits per heavy atom. The van der Waals surface area contributed by atoms with Crippen molar-refractivity contribution in [1.82, 2.24) is 5.32 Å². The van der Waals surface area contributed by atoms with E-state index < -0.39 is 35.3 Å². The molecule has 2 rings (SSSR count). The van der Waals surface area contributed by atoms with Crippen LogP contribution in [0.25, 0.3) is 0 Å². The van der Waals surface area contributed by atoms with E-state index in [0.717, 1.165) is 0 Å². The summed E-state index contributed by atoms with van der Waals surface area (Å²) in [6.45, 7) is 1.68. The van der Waals surface area contributed by atoms with Gasteiger partial charge < -0.3 is 10.4 Å². The van der Waals surface area contributed by atoms with Crippen molar-refractivity contribution in [2.45, 2.75) is 19.3 Å². The highest BCUT2D eigenvalue weighted by atomic mass is 19.1. The van der Waals surface area contributed by atoms with Crippen LogP contribution in [0.15, 0.2) is 12.1 Å². The second-order valence-corrected chi connectivity index (χ2v) is 4.49. The summed E-state index contributed by atoms with van der Waals surface area (Å²) in [4.78, 5) is 22.4. The number of hydrogen-bond acceptors (Lipinski definition) is 2. The van der Waals surface area contributed by atoms with E-state index in [4.69, 9.17) is 5.11 Å². The van der Waals surface area contributed by atoms with Gasteiger partial charge in [0, 0.05) is 18.0 Å². The molecule has 0 saturated carbocycles. The maximum atomic E-state index is 13.9. The van der Waals surface area contributed by atoms with E-state index in [1.807, 2.05) is 0 Å². The molecule has 0 aliphatic carbocycles. The quantitative estimate of drug-likeness (QED) is 0.816. The number of carboxylic acids is 1. The maximum Gasteiger partial charge on any atom is 0.316 e. The van der Waals surface area contributed by atoms with Gasteiger partial charge in [0.15, 0.2) is 0 Å². The van der Waals surface area contributed by atoms with Crippen molar-refractivity contribution >= 4 is 11.9 Å². The van der Waals surface area contributed by atoms with E-state index >= 15 is 0 Å². The van der Waals surface area contributed by atoms with Crippen LogP contribution in [0.3, 0.4) is 0 Å². The van der Waals surface area contributed by atoms with Gasteiger partial charge in [0.2, 0.25) is 5.91 Å². The number of carbonyl (C=O) groups is 2. The molecule has 4 nitrogen and oxygen atoms in total. The molecule has 2 atom stereocenters. The molecule has 0 aromatic heterocycles. The van der Waals surface area contributed by atoms with Crippen molar-refractivity contribution in [3.63, 3.8) is 0 Å². The Bertz CT molecular complexity index is 522. The minimum atomic E-state index is -1.45.